The largest absolute Gasteiger partial charge is 0.310 e. The molecule has 13 rings (SSSR count). The molecule has 0 spiro atoms. The van der Waals surface area contributed by atoms with Gasteiger partial charge in [0.2, 0.25) is 0 Å². The van der Waals surface area contributed by atoms with Crippen molar-refractivity contribution in [2.75, 3.05) is 4.90 Å². The molecule has 0 amide bonds. The molecule has 1 aliphatic carbocycles. The van der Waals surface area contributed by atoms with Crippen LogP contribution in [0.2, 0.25) is 0 Å². The van der Waals surface area contributed by atoms with E-state index in [1.54, 1.807) is 0 Å². The zero-order chi connectivity index (χ0) is 44.3. The van der Waals surface area contributed by atoms with Crippen LogP contribution in [-0.4, -0.2) is 0 Å². The molecule has 11 aromatic carbocycles. The average Bonchev–Trinajstić information content (AvgIpc) is 3.93. The summed E-state index contributed by atoms with van der Waals surface area (Å²) < 4.78 is 2.63. The van der Waals surface area contributed by atoms with Crippen LogP contribution in [0.25, 0.3) is 75.5 Å². The Bertz CT molecular complexity index is 3760. The molecule has 67 heavy (non-hydrogen) atoms. The van der Waals surface area contributed by atoms with Crippen molar-refractivity contribution in [3.8, 4) is 44.5 Å². The lowest BCUT2D eigenvalue weighted by Gasteiger charge is -2.35. The van der Waals surface area contributed by atoms with Crippen molar-refractivity contribution < 1.29 is 0 Å². The van der Waals surface area contributed by atoms with Crippen LogP contribution in [0, 0.1) is 0 Å². The van der Waals surface area contributed by atoms with Crippen LogP contribution in [0.15, 0.2) is 261 Å². The summed E-state index contributed by atoms with van der Waals surface area (Å²) in [5.74, 6) is 0. The third-order valence-corrected chi connectivity index (χ3v) is 15.1. The van der Waals surface area contributed by atoms with Crippen molar-refractivity contribution in [2.45, 2.75) is 5.41 Å². The summed E-state index contributed by atoms with van der Waals surface area (Å²) in [7, 11) is 0. The van der Waals surface area contributed by atoms with E-state index in [0.717, 1.165) is 22.6 Å². The smallest absolute Gasteiger partial charge is 0.0714 e. The zero-order valence-corrected chi connectivity index (χ0v) is 37.5. The highest BCUT2D eigenvalue weighted by Gasteiger charge is 2.46. The number of nitrogens with zero attached hydrogens (tertiary/aromatic N) is 1. The Balaban J connectivity index is 0.999. The Hall–Kier alpha value is -8.30. The molecular weight excluding hydrogens is 827 g/mol. The van der Waals surface area contributed by atoms with Crippen molar-refractivity contribution in [3.63, 3.8) is 0 Å². The van der Waals surface area contributed by atoms with Gasteiger partial charge in [-0.3, -0.25) is 0 Å². The zero-order valence-electron chi connectivity index (χ0n) is 36.7. The van der Waals surface area contributed by atoms with Gasteiger partial charge in [-0.05, 0) is 132 Å². The van der Waals surface area contributed by atoms with Gasteiger partial charge in [0.1, 0.15) is 0 Å². The van der Waals surface area contributed by atoms with E-state index in [2.05, 4.69) is 266 Å². The lowest BCUT2D eigenvalue weighted by molar-refractivity contribution is 0.768. The maximum absolute atomic E-state index is 2.47. The number of benzene rings is 11. The molecule has 0 aliphatic heterocycles. The van der Waals surface area contributed by atoms with Gasteiger partial charge in [-0.1, -0.05) is 206 Å². The van der Waals surface area contributed by atoms with Gasteiger partial charge >= 0.3 is 0 Å². The van der Waals surface area contributed by atoms with E-state index in [1.807, 2.05) is 11.3 Å². The summed E-state index contributed by atoms with van der Waals surface area (Å²) >= 11 is 1.87. The summed E-state index contributed by atoms with van der Waals surface area (Å²) in [5.41, 5.74) is 17.6. The first kappa shape index (κ1) is 39.1. The maximum Gasteiger partial charge on any atom is 0.0714 e. The average molecular weight is 870 g/mol. The molecule has 0 unspecified atom stereocenters. The Kier molecular flexibility index (Phi) is 9.33. The van der Waals surface area contributed by atoms with Gasteiger partial charge < -0.3 is 4.90 Å². The van der Waals surface area contributed by atoms with Gasteiger partial charge in [0, 0.05) is 37.2 Å². The monoisotopic (exact) mass is 869 g/mol. The Morgan fingerprint density at radius 3 is 1.67 bits per heavy atom. The Morgan fingerprint density at radius 2 is 0.851 bits per heavy atom. The second-order valence-electron chi connectivity index (χ2n) is 17.6. The molecule has 1 heterocycles. The molecule has 0 saturated heterocycles. The van der Waals surface area contributed by atoms with E-state index in [9.17, 15) is 0 Å². The van der Waals surface area contributed by atoms with Crippen molar-refractivity contribution in [2.24, 2.45) is 0 Å². The van der Waals surface area contributed by atoms with Gasteiger partial charge in [0.25, 0.3) is 0 Å². The highest BCUT2D eigenvalue weighted by molar-refractivity contribution is 7.25. The van der Waals surface area contributed by atoms with Crippen LogP contribution in [-0.2, 0) is 5.41 Å². The highest BCUT2D eigenvalue weighted by Crippen LogP contribution is 2.57. The van der Waals surface area contributed by atoms with Crippen molar-refractivity contribution in [3.05, 3.63) is 283 Å². The molecule has 0 radical (unpaired) electrons. The van der Waals surface area contributed by atoms with Crippen LogP contribution in [0.1, 0.15) is 22.3 Å². The first-order valence-electron chi connectivity index (χ1n) is 23.1. The maximum atomic E-state index is 2.47. The minimum atomic E-state index is -0.522. The lowest BCUT2D eigenvalue weighted by Crippen LogP contribution is -2.28. The fourth-order valence-corrected chi connectivity index (χ4v) is 12.1. The van der Waals surface area contributed by atoms with E-state index in [-0.39, 0.29) is 0 Å². The first-order chi connectivity index (χ1) is 33.2. The Labute approximate surface area is 395 Å². The van der Waals surface area contributed by atoms with E-state index in [4.69, 9.17) is 0 Å². The van der Waals surface area contributed by atoms with E-state index in [0.29, 0.717) is 0 Å². The normalized spacial score (nSPS) is 12.6. The third-order valence-electron chi connectivity index (χ3n) is 13.9. The SMILES string of the molecule is c1ccc(C2(c3ccccc3)c3ccccc3-c3ccc(N(c4ccc(-c5cccc6sc7ccccc7c56)cc4)c4cccc(-c5cccc(-c6cccc7ccccc67)c5)c4)cc32)cc1. The quantitative estimate of drug-likeness (QED) is 0.147. The molecule has 314 valence electrons. The van der Waals surface area contributed by atoms with E-state index < -0.39 is 5.41 Å². The van der Waals surface area contributed by atoms with Crippen molar-refractivity contribution >= 4 is 59.3 Å². The summed E-state index contributed by atoms with van der Waals surface area (Å²) in [4.78, 5) is 2.45. The molecule has 0 atom stereocenters. The Morgan fingerprint density at radius 1 is 0.299 bits per heavy atom. The predicted molar refractivity (Wildman–Crippen MR) is 285 cm³/mol. The summed E-state index contributed by atoms with van der Waals surface area (Å²) in [6, 6.07) is 96.4. The molecule has 0 bridgehead atoms. The molecule has 0 fully saturated rings. The molecule has 2 heteroatoms. The summed E-state index contributed by atoms with van der Waals surface area (Å²) in [6.07, 6.45) is 0. The molecule has 1 nitrogen and oxygen atoms in total. The van der Waals surface area contributed by atoms with Crippen LogP contribution in [0.3, 0.4) is 0 Å². The van der Waals surface area contributed by atoms with Crippen LogP contribution >= 0.6 is 11.3 Å². The van der Waals surface area contributed by atoms with E-state index >= 15 is 0 Å². The highest BCUT2D eigenvalue weighted by atomic mass is 32.1. The topological polar surface area (TPSA) is 3.24 Å². The lowest BCUT2D eigenvalue weighted by atomic mass is 9.67. The van der Waals surface area contributed by atoms with Gasteiger partial charge in [-0.25, -0.2) is 0 Å². The number of rotatable bonds is 8. The minimum Gasteiger partial charge on any atom is -0.310 e. The number of fused-ring (bicyclic) bond motifs is 7. The molecule has 0 saturated carbocycles. The van der Waals surface area contributed by atoms with Crippen LogP contribution in [0.4, 0.5) is 17.1 Å². The summed E-state index contributed by atoms with van der Waals surface area (Å²) in [6.45, 7) is 0. The summed E-state index contributed by atoms with van der Waals surface area (Å²) in [5, 5.41) is 5.14. The van der Waals surface area contributed by atoms with Gasteiger partial charge in [0.15, 0.2) is 0 Å². The second kappa shape index (κ2) is 16.0. The number of thiophene rings is 1. The van der Waals surface area contributed by atoms with Crippen LogP contribution < -0.4 is 4.90 Å². The standard InChI is InChI=1S/C65H43NS/c1-3-22-49(23-4-1)65(50-24-5-2-6-25-50)60-32-11-9-28-57(60)58-40-39-53(43-61(58)65)66(51-37-35-45(36-38-51)56-31-16-34-63-64(56)59-29-10-12-33-62(59)67-63)52-26-14-20-47(42-52)46-19-13-21-48(41-46)55-30-15-18-44-17-7-8-27-54(44)55/h1-43H. The number of anilines is 3. The van der Waals surface area contributed by atoms with Gasteiger partial charge in [0.05, 0.1) is 5.41 Å². The van der Waals surface area contributed by atoms with Crippen LogP contribution in [0.5, 0.6) is 0 Å². The number of hydrogen-bond donors (Lipinski definition) is 0. The predicted octanol–water partition coefficient (Wildman–Crippen LogP) is 18.0. The molecular formula is C65H43NS. The third kappa shape index (κ3) is 6.37. The van der Waals surface area contributed by atoms with E-state index in [1.165, 1.54) is 92.1 Å². The fraction of sp³-hybridized carbons (Fsp3) is 0.0154. The van der Waals surface area contributed by atoms with Crippen molar-refractivity contribution in [1.29, 1.82) is 0 Å². The molecule has 1 aliphatic rings. The molecule has 12 aromatic rings. The second-order valence-corrected chi connectivity index (χ2v) is 18.7. The van der Waals surface area contributed by atoms with Gasteiger partial charge in [-0.2, -0.15) is 0 Å². The van der Waals surface area contributed by atoms with Crippen molar-refractivity contribution in [1.82, 2.24) is 0 Å². The fourth-order valence-electron chi connectivity index (χ4n) is 11.0. The molecule has 1 aromatic heterocycles. The molecule has 0 N–H and O–H groups in total. The minimum absolute atomic E-state index is 0.522. The van der Waals surface area contributed by atoms with Gasteiger partial charge in [-0.15, -0.1) is 11.3 Å². The first-order valence-corrected chi connectivity index (χ1v) is 23.9. The number of hydrogen-bond acceptors (Lipinski definition) is 2.